The summed E-state index contributed by atoms with van der Waals surface area (Å²) < 4.78 is 10.8. The van der Waals surface area contributed by atoms with Gasteiger partial charge >= 0.3 is 0 Å². The van der Waals surface area contributed by atoms with E-state index in [0.717, 1.165) is 16.9 Å². The smallest absolute Gasteiger partial charge is 0.239 e. The summed E-state index contributed by atoms with van der Waals surface area (Å²) in [7, 11) is 1.65. The molecule has 1 rings (SSSR count). The first kappa shape index (κ1) is 24.5. The van der Waals surface area contributed by atoms with Gasteiger partial charge in [0.1, 0.15) is 12.4 Å². The third kappa shape index (κ3) is 9.81. The summed E-state index contributed by atoms with van der Waals surface area (Å²) in [5, 5.41) is 8.90. The fourth-order valence-corrected chi connectivity index (χ4v) is 2.09. The molecule has 7 nitrogen and oxygen atoms in total. The SMILES string of the molecule is CCNC(=O)CNC(=NCc1ccc(C)cc1OCCOC)NCC.I. The predicted molar refractivity (Wildman–Crippen MR) is 115 cm³/mol. The van der Waals surface area contributed by atoms with Gasteiger partial charge in [0.25, 0.3) is 0 Å². The molecule has 0 aliphatic carbocycles. The predicted octanol–water partition coefficient (Wildman–Crippen LogP) is 1.83. The maximum absolute atomic E-state index is 11.6. The van der Waals surface area contributed by atoms with Gasteiger partial charge in [-0.2, -0.15) is 0 Å². The lowest BCUT2D eigenvalue weighted by Crippen LogP contribution is -2.43. The van der Waals surface area contributed by atoms with E-state index in [-0.39, 0.29) is 36.4 Å². The summed E-state index contributed by atoms with van der Waals surface area (Å²) in [6, 6.07) is 6.03. The molecule has 0 unspecified atom stereocenters. The highest BCUT2D eigenvalue weighted by atomic mass is 127. The highest BCUT2D eigenvalue weighted by molar-refractivity contribution is 14.0. The molecule has 0 aliphatic rings. The van der Waals surface area contributed by atoms with Crippen molar-refractivity contribution in [1.29, 1.82) is 0 Å². The molecule has 3 N–H and O–H groups in total. The molecular formula is C18H31IN4O3. The van der Waals surface area contributed by atoms with Crippen molar-refractivity contribution < 1.29 is 14.3 Å². The lowest BCUT2D eigenvalue weighted by molar-refractivity contribution is -0.119. The molecule has 0 bridgehead atoms. The topological polar surface area (TPSA) is 84.0 Å². The monoisotopic (exact) mass is 478 g/mol. The number of amides is 1. The molecule has 0 saturated heterocycles. The maximum Gasteiger partial charge on any atom is 0.239 e. The van der Waals surface area contributed by atoms with E-state index in [0.29, 0.717) is 38.8 Å². The summed E-state index contributed by atoms with van der Waals surface area (Å²) in [5.41, 5.74) is 2.11. The van der Waals surface area contributed by atoms with Gasteiger partial charge in [0, 0.05) is 25.8 Å². The zero-order valence-electron chi connectivity index (χ0n) is 16.1. The molecule has 0 radical (unpaired) electrons. The van der Waals surface area contributed by atoms with Crippen LogP contribution in [0.4, 0.5) is 0 Å². The van der Waals surface area contributed by atoms with E-state index in [9.17, 15) is 4.79 Å². The number of carbonyl (C=O) groups is 1. The number of likely N-dealkylation sites (N-methyl/N-ethyl adjacent to an activating group) is 1. The number of rotatable bonds is 10. The Morgan fingerprint density at radius 2 is 1.85 bits per heavy atom. The van der Waals surface area contributed by atoms with Gasteiger partial charge < -0.3 is 25.4 Å². The van der Waals surface area contributed by atoms with E-state index in [1.807, 2.05) is 39.0 Å². The number of halogens is 1. The van der Waals surface area contributed by atoms with Crippen molar-refractivity contribution in [1.82, 2.24) is 16.0 Å². The molecule has 0 saturated carbocycles. The molecule has 0 spiro atoms. The summed E-state index contributed by atoms with van der Waals surface area (Å²) >= 11 is 0. The Kier molecular flexibility index (Phi) is 13.7. The summed E-state index contributed by atoms with van der Waals surface area (Å²) in [6.07, 6.45) is 0. The Bertz CT molecular complexity index is 567. The molecule has 0 atom stereocenters. The van der Waals surface area contributed by atoms with Crippen LogP contribution in [0, 0.1) is 6.92 Å². The summed E-state index contributed by atoms with van der Waals surface area (Å²) in [6.45, 7) is 8.88. The van der Waals surface area contributed by atoms with Crippen LogP contribution in [0.3, 0.4) is 0 Å². The second-order valence-electron chi connectivity index (χ2n) is 5.45. The lowest BCUT2D eigenvalue weighted by atomic mass is 10.1. The number of guanidine groups is 1. The number of ether oxygens (including phenoxy) is 2. The number of nitrogens with one attached hydrogen (secondary N) is 3. The first-order valence-electron chi connectivity index (χ1n) is 8.60. The van der Waals surface area contributed by atoms with E-state index < -0.39 is 0 Å². The third-order valence-electron chi connectivity index (χ3n) is 3.31. The maximum atomic E-state index is 11.6. The number of hydrogen-bond donors (Lipinski definition) is 3. The van der Waals surface area contributed by atoms with Crippen molar-refractivity contribution in [2.45, 2.75) is 27.3 Å². The van der Waals surface area contributed by atoms with Gasteiger partial charge in [-0.1, -0.05) is 12.1 Å². The minimum Gasteiger partial charge on any atom is -0.491 e. The molecule has 8 heteroatoms. The molecular weight excluding hydrogens is 447 g/mol. The van der Waals surface area contributed by atoms with Gasteiger partial charge in [0.2, 0.25) is 5.91 Å². The molecule has 148 valence electrons. The number of aliphatic imine (C=N–C) groups is 1. The van der Waals surface area contributed by atoms with Gasteiger partial charge in [0.15, 0.2) is 5.96 Å². The average Bonchev–Trinajstić information content (AvgIpc) is 2.59. The molecule has 0 aromatic heterocycles. The van der Waals surface area contributed by atoms with Crippen LogP contribution in [0.15, 0.2) is 23.2 Å². The zero-order chi connectivity index (χ0) is 18.5. The molecule has 26 heavy (non-hydrogen) atoms. The van der Waals surface area contributed by atoms with E-state index in [4.69, 9.17) is 9.47 Å². The van der Waals surface area contributed by atoms with E-state index in [1.165, 1.54) is 0 Å². The second kappa shape index (κ2) is 14.6. The number of aryl methyl sites for hydroxylation is 1. The zero-order valence-corrected chi connectivity index (χ0v) is 18.4. The lowest BCUT2D eigenvalue weighted by Gasteiger charge is -2.13. The van der Waals surface area contributed by atoms with Crippen LogP contribution in [0.2, 0.25) is 0 Å². The number of carbonyl (C=O) groups excluding carboxylic acids is 1. The fraction of sp³-hybridized carbons (Fsp3) is 0.556. The minimum atomic E-state index is -0.0629. The van der Waals surface area contributed by atoms with Crippen molar-refractivity contribution >= 4 is 35.8 Å². The standard InChI is InChI=1S/C18H30N4O3.HI/c1-5-19-17(23)13-22-18(20-6-2)21-12-15-8-7-14(3)11-16(15)25-10-9-24-4;/h7-8,11H,5-6,9-10,12-13H2,1-4H3,(H,19,23)(H2,20,21,22);1H. The number of methoxy groups -OCH3 is 1. The van der Waals surface area contributed by atoms with Gasteiger partial charge in [0.05, 0.1) is 19.7 Å². The third-order valence-corrected chi connectivity index (χ3v) is 3.31. The Hall–Kier alpha value is -1.55. The van der Waals surface area contributed by atoms with Crippen LogP contribution in [0.25, 0.3) is 0 Å². The molecule has 0 fully saturated rings. The van der Waals surface area contributed by atoms with E-state index in [1.54, 1.807) is 7.11 Å². The number of hydrogen-bond acceptors (Lipinski definition) is 4. The van der Waals surface area contributed by atoms with Crippen LogP contribution in [0.1, 0.15) is 25.0 Å². The van der Waals surface area contributed by atoms with Crippen molar-refractivity contribution in [3.63, 3.8) is 0 Å². The summed E-state index contributed by atoms with van der Waals surface area (Å²) in [5.74, 6) is 1.34. The van der Waals surface area contributed by atoms with Gasteiger partial charge in [-0.25, -0.2) is 4.99 Å². The number of nitrogens with zero attached hydrogens (tertiary/aromatic N) is 1. The van der Waals surface area contributed by atoms with Crippen molar-refractivity contribution in [2.24, 2.45) is 4.99 Å². The van der Waals surface area contributed by atoms with Gasteiger partial charge in [-0.15, -0.1) is 24.0 Å². The quantitative estimate of drug-likeness (QED) is 0.207. The molecule has 0 aliphatic heterocycles. The Morgan fingerprint density at radius 3 is 2.50 bits per heavy atom. The first-order chi connectivity index (χ1) is 12.1. The Labute approximate surface area is 173 Å². The van der Waals surface area contributed by atoms with Crippen LogP contribution in [0.5, 0.6) is 5.75 Å². The second-order valence-corrected chi connectivity index (χ2v) is 5.45. The van der Waals surface area contributed by atoms with Crippen LogP contribution in [-0.2, 0) is 16.1 Å². The highest BCUT2D eigenvalue weighted by Crippen LogP contribution is 2.21. The average molecular weight is 478 g/mol. The van der Waals surface area contributed by atoms with E-state index in [2.05, 4.69) is 20.9 Å². The highest BCUT2D eigenvalue weighted by Gasteiger charge is 2.06. The largest absolute Gasteiger partial charge is 0.491 e. The van der Waals surface area contributed by atoms with Crippen molar-refractivity contribution in [3.05, 3.63) is 29.3 Å². The van der Waals surface area contributed by atoms with E-state index >= 15 is 0 Å². The Morgan fingerprint density at radius 1 is 1.12 bits per heavy atom. The van der Waals surface area contributed by atoms with Crippen molar-refractivity contribution in [3.8, 4) is 5.75 Å². The minimum absolute atomic E-state index is 0. The Balaban J connectivity index is 0.00000625. The fourth-order valence-electron chi connectivity index (χ4n) is 2.09. The van der Waals surface area contributed by atoms with Gasteiger partial charge in [-0.3, -0.25) is 4.79 Å². The van der Waals surface area contributed by atoms with Crippen LogP contribution < -0.4 is 20.7 Å². The normalized spacial score (nSPS) is 10.7. The summed E-state index contributed by atoms with van der Waals surface area (Å²) in [4.78, 5) is 16.1. The van der Waals surface area contributed by atoms with Crippen LogP contribution in [-0.4, -0.2) is 51.8 Å². The van der Waals surface area contributed by atoms with Gasteiger partial charge in [-0.05, 0) is 32.4 Å². The number of benzene rings is 1. The molecule has 1 aromatic rings. The first-order valence-corrected chi connectivity index (χ1v) is 8.60. The molecule has 0 heterocycles. The molecule has 1 aromatic carbocycles. The molecule has 1 amide bonds. The van der Waals surface area contributed by atoms with Crippen LogP contribution >= 0.6 is 24.0 Å². The van der Waals surface area contributed by atoms with Crippen molar-refractivity contribution in [2.75, 3.05) is 40.0 Å².